The van der Waals surface area contributed by atoms with E-state index in [-0.39, 0.29) is 6.10 Å². The normalized spacial score (nSPS) is 26.7. The van der Waals surface area contributed by atoms with E-state index in [0.717, 1.165) is 44.1 Å². The van der Waals surface area contributed by atoms with Crippen molar-refractivity contribution < 1.29 is 14.2 Å². The number of fused-ring (bicyclic) bond motifs is 1. The van der Waals surface area contributed by atoms with E-state index in [9.17, 15) is 0 Å². The molecule has 4 heteroatoms. The van der Waals surface area contributed by atoms with Gasteiger partial charge in [0.2, 0.25) is 0 Å². The Hall–Kier alpha value is -1.26. The summed E-state index contributed by atoms with van der Waals surface area (Å²) in [5.74, 6) is 1.70. The van der Waals surface area contributed by atoms with E-state index in [1.54, 1.807) is 0 Å². The molecule has 1 aromatic carbocycles. The molecule has 2 aliphatic heterocycles. The first kappa shape index (κ1) is 12.8. The van der Waals surface area contributed by atoms with Gasteiger partial charge in [0.15, 0.2) is 11.5 Å². The zero-order chi connectivity index (χ0) is 12.9. The van der Waals surface area contributed by atoms with Gasteiger partial charge in [-0.15, -0.1) is 0 Å². The average Bonchev–Trinajstić information content (AvgIpc) is 2.73. The highest BCUT2D eigenvalue weighted by atomic mass is 16.6. The smallest absolute Gasteiger partial charge is 0.161 e. The number of hydrogen-bond acceptors (Lipinski definition) is 4. The van der Waals surface area contributed by atoms with E-state index in [0.29, 0.717) is 12.6 Å². The molecule has 0 spiro atoms. The molecule has 1 saturated heterocycles. The lowest BCUT2D eigenvalue weighted by Crippen LogP contribution is -2.42. The van der Waals surface area contributed by atoms with Crippen LogP contribution in [0.2, 0.25) is 0 Å². The Morgan fingerprint density at radius 1 is 1.11 bits per heavy atom. The van der Waals surface area contributed by atoms with Gasteiger partial charge in [0.05, 0.1) is 0 Å². The molecular weight excluding hydrogens is 242 g/mol. The molecule has 1 fully saturated rings. The van der Waals surface area contributed by atoms with Crippen molar-refractivity contribution in [2.45, 2.75) is 31.4 Å². The third-order valence-corrected chi connectivity index (χ3v) is 3.65. The van der Waals surface area contributed by atoms with Crippen LogP contribution in [0.1, 0.15) is 19.3 Å². The molecule has 104 valence electrons. The predicted octanol–water partition coefficient (Wildman–Crippen LogP) is 1.99. The van der Waals surface area contributed by atoms with E-state index in [1.807, 2.05) is 24.3 Å². The highest BCUT2D eigenvalue weighted by Gasteiger charge is 2.21. The van der Waals surface area contributed by atoms with Crippen molar-refractivity contribution in [1.82, 2.24) is 5.32 Å². The van der Waals surface area contributed by atoms with Gasteiger partial charge in [0.25, 0.3) is 0 Å². The number of ether oxygens (including phenoxy) is 3. The molecule has 1 aromatic rings. The predicted molar refractivity (Wildman–Crippen MR) is 72.8 cm³/mol. The maximum Gasteiger partial charge on any atom is 0.161 e. The molecule has 2 heterocycles. The van der Waals surface area contributed by atoms with Crippen LogP contribution >= 0.6 is 0 Å². The number of rotatable bonds is 3. The molecule has 0 amide bonds. The summed E-state index contributed by atoms with van der Waals surface area (Å²) in [5, 5.41) is 3.58. The van der Waals surface area contributed by atoms with Gasteiger partial charge in [-0.2, -0.15) is 0 Å². The van der Waals surface area contributed by atoms with E-state index >= 15 is 0 Å². The van der Waals surface area contributed by atoms with Crippen LogP contribution in [0, 0.1) is 0 Å². The lowest BCUT2D eigenvalue weighted by Gasteiger charge is -2.28. The summed E-state index contributed by atoms with van der Waals surface area (Å²) in [6.45, 7) is 3.21. The minimum atomic E-state index is 0.0964. The van der Waals surface area contributed by atoms with Gasteiger partial charge >= 0.3 is 0 Å². The highest BCUT2D eigenvalue weighted by Crippen LogP contribution is 2.30. The summed E-state index contributed by atoms with van der Waals surface area (Å²) in [6.07, 6.45) is 3.51. The molecule has 0 aromatic heterocycles. The fraction of sp³-hybridized carbons (Fsp3) is 0.600. The van der Waals surface area contributed by atoms with Gasteiger partial charge in [0.1, 0.15) is 12.7 Å². The standard InChI is InChI=1S/C15H21NO3/c1-2-6-15-14(5-1)18-11-13(19-15)10-16-12-4-3-8-17-9-7-12/h1-2,5-6,12-13,16H,3-4,7-11H2. The first-order valence-corrected chi connectivity index (χ1v) is 7.11. The molecule has 0 radical (unpaired) electrons. The first-order chi connectivity index (χ1) is 9.42. The molecule has 4 nitrogen and oxygen atoms in total. The van der Waals surface area contributed by atoms with Crippen LogP contribution < -0.4 is 14.8 Å². The number of hydrogen-bond donors (Lipinski definition) is 1. The summed E-state index contributed by atoms with van der Waals surface area (Å²) in [6, 6.07) is 8.39. The van der Waals surface area contributed by atoms with E-state index < -0.39 is 0 Å². The van der Waals surface area contributed by atoms with Gasteiger partial charge < -0.3 is 19.5 Å². The van der Waals surface area contributed by atoms with Gasteiger partial charge in [-0.3, -0.25) is 0 Å². The molecule has 2 unspecified atom stereocenters. The second-order valence-corrected chi connectivity index (χ2v) is 5.15. The molecule has 0 saturated carbocycles. The topological polar surface area (TPSA) is 39.7 Å². The fourth-order valence-corrected chi connectivity index (χ4v) is 2.57. The summed E-state index contributed by atoms with van der Waals surface area (Å²) in [7, 11) is 0. The van der Waals surface area contributed by atoms with Crippen LogP contribution in [0.15, 0.2) is 24.3 Å². The van der Waals surface area contributed by atoms with Gasteiger partial charge in [0, 0.05) is 25.8 Å². The van der Waals surface area contributed by atoms with Crippen LogP contribution in [0.5, 0.6) is 11.5 Å². The van der Waals surface area contributed by atoms with Crippen molar-refractivity contribution in [2.24, 2.45) is 0 Å². The number of para-hydroxylation sites is 2. The summed E-state index contributed by atoms with van der Waals surface area (Å²) < 4.78 is 17.1. The van der Waals surface area contributed by atoms with Crippen LogP contribution in [-0.2, 0) is 4.74 Å². The summed E-state index contributed by atoms with van der Waals surface area (Å²) in [5.41, 5.74) is 0. The molecule has 2 aliphatic rings. The van der Waals surface area contributed by atoms with Crippen LogP contribution in [0.4, 0.5) is 0 Å². The second-order valence-electron chi connectivity index (χ2n) is 5.15. The SMILES string of the molecule is c1ccc2c(c1)OCC(CNC1CCCOCC1)O2. The Morgan fingerprint density at radius 2 is 2.00 bits per heavy atom. The first-order valence-electron chi connectivity index (χ1n) is 7.11. The Labute approximate surface area is 114 Å². The second kappa shape index (κ2) is 6.26. The average molecular weight is 263 g/mol. The van der Waals surface area contributed by atoms with Crippen molar-refractivity contribution in [3.05, 3.63) is 24.3 Å². The zero-order valence-corrected chi connectivity index (χ0v) is 11.1. The minimum Gasteiger partial charge on any atom is -0.486 e. The lowest BCUT2D eigenvalue weighted by atomic mass is 10.1. The highest BCUT2D eigenvalue weighted by molar-refractivity contribution is 5.40. The fourth-order valence-electron chi connectivity index (χ4n) is 2.57. The maximum absolute atomic E-state index is 5.94. The Kier molecular flexibility index (Phi) is 4.20. The third-order valence-electron chi connectivity index (χ3n) is 3.65. The van der Waals surface area contributed by atoms with Crippen molar-refractivity contribution in [3.63, 3.8) is 0 Å². The van der Waals surface area contributed by atoms with Crippen molar-refractivity contribution in [1.29, 1.82) is 0 Å². The molecule has 0 bridgehead atoms. The number of benzene rings is 1. The Balaban J connectivity index is 1.49. The van der Waals surface area contributed by atoms with E-state index in [4.69, 9.17) is 14.2 Å². The van der Waals surface area contributed by atoms with Crippen molar-refractivity contribution in [3.8, 4) is 11.5 Å². The molecule has 2 atom stereocenters. The van der Waals surface area contributed by atoms with Crippen molar-refractivity contribution >= 4 is 0 Å². The largest absolute Gasteiger partial charge is 0.486 e. The minimum absolute atomic E-state index is 0.0964. The van der Waals surface area contributed by atoms with Crippen LogP contribution in [0.25, 0.3) is 0 Å². The van der Waals surface area contributed by atoms with E-state index in [2.05, 4.69) is 5.32 Å². The zero-order valence-electron chi connectivity index (χ0n) is 11.1. The van der Waals surface area contributed by atoms with Crippen LogP contribution in [0.3, 0.4) is 0 Å². The van der Waals surface area contributed by atoms with Gasteiger partial charge in [-0.25, -0.2) is 0 Å². The monoisotopic (exact) mass is 263 g/mol. The summed E-state index contributed by atoms with van der Waals surface area (Å²) in [4.78, 5) is 0. The third kappa shape index (κ3) is 3.39. The molecule has 3 rings (SSSR count). The lowest BCUT2D eigenvalue weighted by molar-refractivity contribution is 0.0871. The molecule has 1 N–H and O–H groups in total. The Bertz CT molecular complexity index is 402. The maximum atomic E-state index is 5.94. The van der Waals surface area contributed by atoms with Crippen molar-refractivity contribution in [2.75, 3.05) is 26.4 Å². The van der Waals surface area contributed by atoms with Crippen LogP contribution in [-0.4, -0.2) is 38.5 Å². The summed E-state index contributed by atoms with van der Waals surface area (Å²) >= 11 is 0. The molecular formula is C15H21NO3. The number of nitrogens with one attached hydrogen (secondary N) is 1. The molecule has 0 aliphatic carbocycles. The molecule has 19 heavy (non-hydrogen) atoms. The Morgan fingerprint density at radius 3 is 2.95 bits per heavy atom. The van der Waals surface area contributed by atoms with Gasteiger partial charge in [-0.05, 0) is 31.4 Å². The van der Waals surface area contributed by atoms with Gasteiger partial charge in [-0.1, -0.05) is 12.1 Å². The van der Waals surface area contributed by atoms with E-state index in [1.165, 1.54) is 6.42 Å². The quantitative estimate of drug-likeness (QED) is 0.905.